The zero-order chi connectivity index (χ0) is 12.1. The summed E-state index contributed by atoms with van der Waals surface area (Å²) in [7, 11) is 0. The third-order valence-corrected chi connectivity index (χ3v) is 4.00. The van der Waals surface area contributed by atoms with Crippen molar-refractivity contribution in [1.82, 2.24) is 4.90 Å². The lowest BCUT2D eigenvalue weighted by Gasteiger charge is -2.34. The summed E-state index contributed by atoms with van der Waals surface area (Å²) in [6, 6.07) is 11.0. The Balaban J connectivity index is 1.83. The van der Waals surface area contributed by atoms with Gasteiger partial charge in [-0.25, -0.2) is 0 Å². The Morgan fingerprint density at radius 3 is 2.47 bits per heavy atom. The van der Waals surface area contributed by atoms with Crippen molar-refractivity contribution in [2.45, 2.75) is 32.2 Å². The number of piperidine rings is 1. The molecule has 0 spiro atoms. The number of hydrogen-bond acceptors (Lipinski definition) is 2. The molecule has 1 saturated heterocycles. The van der Waals surface area contributed by atoms with E-state index in [1.807, 2.05) is 0 Å². The van der Waals surface area contributed by atoms with Crippen molar-refractivity contribution < 1.29 is 0 Å². The van der Waals surface area contributed by atoms with E-state index < -0.39 is 0 Å². The molecule has 2 nitrogen and oxygen atoms in total. The number of nitrogens with two attached hydrogens (primary N) is 1. The Kier molecular flexibility index (Phi) is 4.57. The van der Waals surface area contributed by atoms with Crippen molar-refractivity contribution in [3.8, 4) is 0 Å². The Labute approximate surface area is 105 Å². The molecule has 0 aliphatic carbocycles. The minimum atomic E-state index is 0.330. The topological polar surface area (TPSA) is 29.3 Å². The number of rotatable bonds is 4. The third kappa shape index (κ3) is 3.55. The molecular weight excluding hydrogens is 208 g/mol. The highest BCUT2D eigenvalue weighted by Crippen LogP contribution is 2.21. The Morgan fingerprint density at radius 2 is 1.88 bits per heavy atom. The maximum atomic E-state index is 6.35. The fourth-order valence-corrected chi connectivity index (χ4v) is 2.75. The third-order valence-electron chi connectivity index (χ3n) is 4.00. The SMILES string of the molecule is CCN1CCC(C(N)Cc2ccccc2)CC1. The van der Waals surface area contributed by atoms with Gasteiger partial charge >= 0.3 is 0 Å². The molecule has 0 bridgehead atoms. The van der Waals surface area contributed by atoms with Crippen molar-refractivity contribution >= 4 is 0 Å². The first-order chi connectivity index (χ1) is 8.29. The molecule has 2 rings (SSSR count). The fraction of sp³-hybridized carbons (Fsp3) is 0.600. The Hall–Kier alpha value is -0.860. The molecule has 1 aromatic rings. The highest BCUT2D eigenvalue weighted by atomic mass is 15.1. The minimum Gasteiger partial charge on any atom is -0.327 e. The van der Waals surface area contributed by atoms with E-state index in [1.165, 1.54) is 38.0 Å². The van der Waals surface area contributed by atoms with Gasteiger partial charge in [0.25, 0.3) is 0 Å². The molecule has 1 aliphatic rings. The summed E-state index contributed by atoms with van der Waals surface area (Å²) in [6.45, 7) is 5.87. The molecule has 0 saturated carbocycles. The van der Waals surface area contributed by atoms with Crippen molar-refractivity contribution in [1.29, 1.82) is 0 Å². The molecule has 1 fully saturated rings. The molecule has 2 N–H and O–H groups in total. The molecule has 0 amide bonds. The van der Waals surface area contributed by atoms with Crippen molar-refractivity contribution in [3.05, 3.63) is 35.9 Å². The van der Waals surface area contributed by atoms with Gasteiger partial charge in [0, 0.05) is 6.04 Å². The van der Waals surface area contributed by atoms with E-state index in [1.54, 1.807) is 0 Å². The van der Waals surface area contributed by atoms with Crippen molar-refractivity contribution in [2.24, 2.45) is 11.7 Å². The molecule has 1 aliphatic heterocycles. The van der Waals surface area contributed by atoms with E-state index in [2.05, 4.69) is 42.2 Å². The summed E-state index contributed by atoms with van der Waals surface area (Å²) in [4.78, 5) is 2.52. The molecule has 94 valence electrons. The molecule has 17 heavy (non-hydrogen) atoms. The van der Waals surface area contributed by atoms with Gasteiger partial charge in [-0.15, -0.1) is 0 Å². The predicted molar refractivity (Wildman–Crippen MR) is 73.0 cm³/mol. The van der Waals surface area contributed by atoms with Gasteiger partial charge in [0.1, 0.15) is 0 Å². The van der Waals surface area contributed by atoms with Gasteiger partial charge in [-0.3, -0.25) is 0 Å². The van der Waals surface area contributed by atoms with Crippen LogP contribution in [0.15, 0.2) is 30.3 Å². The summed E-state index contributed by atoms with van der Waals surface area (Å²) in [5.74, 6) is 0.706. The quantitative estimate of drug-likeness (QED) is 0.863. The molecule has 1 atom stereocenters. The predicted octanol–water partition coefficient (Wildman–Crippen LogP) is 2.29. The van der Waals surface area contributed by atoms with Crippen molar-refractivity contribution in [3.63, 3.8) is 0 Å². The second kappa shape index (κ2) is 6.18. The molecule has 1 aromatic carbocycles. The summed E-state index contributed by atoms with van der Waals surface area (Å²) < 4.78 is 0. The van der Waals surface area contributed by atoms with Crippen LogP contribution in [-0.4, -0.2) is 30.6 Å². The van der Waals surface area contributed by atoms with Gasteiger partial charge in [0.05, 0.1) is 0 Å². The van der Waals surface area contributed by atoms with Crippen LogP contribution in [0.2, 0.25) is 0 Å². The number of hydrogen-bond donors (Lipinski definition) is 1. The van der Waals surface area contributed by atoms with Crippen LogP contribution < -0.4 is 5.73 Å². The molecule has 1 unspecified atom stereocenters. The maximum absolute atomic E-state index is 6.35. The van der Waals surface area contributed by atoms with E-state index >= 15 is 0 Å². The smallest absolute Gasteiger partial charge is 0.0109 e. The zero-order valence-corrected chi connectivity index (χ0v) is 10.8. The highest BCUT2D eigenvalue weighted by molar-refractivity contribution is 5.16. The van der Waals surface area contributed by atoms with Crippen LogP contribution in [0.4, 0.5) is 0 Å². The Morgan fingerprint density at radius 1 is 1.24 bits per heavy atom. The lowest BCUT2D eigenvalue weighted by Crippen LogP contribution is -2.41. The summed E-state index contributed by atoms with van der Waals surface area (Å²) in [5.41, 5.74) is 7.72. The number of likely N-dealkylation sites (tertiary alicyclic amines) is 1. The standard InChI is InChI=1S/C15H24N2/c1-2-17-10-8-14(9-11-17)15(16)12-13-6-4-3-5-7-13/h3-7,14-15H,2,8-12,16H2,1H3. The zero-order valence-electron chi connectivity index (χ0n) is 10.8. The van der Waals surface area contributed by atoms with Crippen LogP contribution in [0.3, 0.4) is 0 Å². The van der Waals surface area contributed by atoms with Gasteiger partial charge in [0.15, 0.2) is 0 Å². The van der Waals surface area contributed by atoms with Crippen LogP contribution in [0, 0.1) is 5.92 Å². The molecule has 1 heterocycles. The van der Waals surface area contributed by atoms with Gasteiger partial charge in [0.2, 0.25) is 0 Å². The summed E-state index contributed by atoms with van der Waals surface area (Å²) in [5, 5.41) is 0. The van der Waals surface area contributed by atoms with Gasteiger partial charge in [-0.2, -0.15) is 0 Å². The average Bonchev–Trinajstić information content (AvgIpc) is 2.40. The lowest BCUT2D eigenvalue weighted by atomic mass is 9.86. The normalized spacial score (nSPS) is 20.4. The summed E-state index contributed by atoms with van der Waals surface area (Å²) in [6.07, 6.45) is 3.56. The summed E-state index contributed by atoms with van der Waals surface area (Å²) >= 11 is 0. The van der Waals surface area contributed by atoms with E-state index in [0.29, 0.717) is 12.0 Å². The minimum absolute atomic E-state index is 0.330. The molecular formula is C15H24N2. The number of nitrogens with zero attached hydrogens (tertiary/aromatic N) is 1. The first-order valence-electron chi connectivity index (χ1n) is 6.81. The largest absolute Gasteiger partial charge is 0.327 e. The van der Waals surface area contributed by atoms with Crippen LogP contribution in [0.1, 0.15) is 25.3 Å². The second-order valence-corrected chi connectivity index (χ2v) is 5.13. The second-order valence-electron chi connectivity index (χ2n) is 5.13. The van der Waals surface area contributed by atoms with Crippen LogP contribution in [-0.2, 0) is 6.42 Å². The van der Waals surface area contributed by atoms with Crippen LogP contribution >= 0.6 is 0 Å². The van der Waals surface area contributed by atoms with E-state index in [4.69, 9.17) is 5.73 Å². The van der Waals surface area contributed by atoms with Crippen LogP contribution in [0.25, 0.3) is 0 Å². The fourth-order valence-electron chi connectivity index (χ4n) is 2.75. The molecule has 2 heteroatoms. The lowest BCUT2D eigenvalue weighted by molar-refractivity contribution is 0.175. The van der Waals surface area contributed by atoms with Crippen molar-refractivity contribution in [2.75, 3.05) is 19.6 Å². The Bertz CT molecular complexity index is 315. The number of benzene rings is 1. The van der Waals surface area contributed by atoms with Crippen LogP contribution in [0.5, 0.6) is 0 Å². The first kappa shape index (κ1) is 12.6. The van der Waals surface area contributed by atoms with Gasteiger partial charge < -0.3 is 10.6 Å². The van der Waals surface area contributed by atoms with E-state index in [-0.39, 0.29) is 0 Å². The maximum Gasteiger partial charge on any atom is 0.0109 e. The van der Waals surface area contributed by atoms with Gasteiger partial charge in [-0.1, -0.05) is 37.3 Å². The molecule has 0 aromatic heterocycles. The molecule has 0 radical (unpaired) electrons. The van der Waals surface area contributed by atoms with Gasteiger partial charge in [-0.05, 0) is 50.4 Å². The van der Waals surface area contributed by atoms with E-state index in [0.717, 1.165) is 6.42 Å². The average molecular weight is 232 g/mol. The van der Waals surface area contributed by atoms with E-state index in [9.17, 15) is 0 Å². The first-order valence-corrected chi connectivity index (χ1v) is 6.81. The monoisotopic (exact) mass is 232 g/mol. The highest BCUT2D eigenvalue weighted by Gasteiger charge is 2.23.